The number of hydrazine groups is 1. The Morgan fingerprint density at radius 1 is 1.67 bits per heavy atom. The molecule has 2 atom stereocenters. The normalized spacial score (nSPS) is 29.5. The highest BCUT2D eigenvalue weighted by Gasteiger charge is 2.32. The molecule has 1 fully saturated rings. The predicted molar refractivity (Wildman–Crippen MR) is 46.7 cm³/mol. The molecule has 0 amide bonds. The maximum absolute atomic E-state index is 11.0. The maximum Gasteiger partial charge on any atom is 0.150 e. The quantitative estimate of drug-likeness (QED) is 0.327. The summed E-state index contributed by atoms with van der Waals surface area (Å²) in [5.74, 6) is 7.96. The van der Waals surface area contributed by atoms with Crippen molar-refractivity contribution in [2.75, 3.05) is 11.5 Å². The van der Waals surface area contributed by atoms with Crippen LogP contribution in [0.5, 0.6) is 0 Å². The average Bonchev–Trinajstić information content (AvgIpc) is 2.34. The fourth-order valence-corrected chi connectivity index (χ4v) is 3.25. The highest BCUT2D eigenvalue weighted by atomic mass is 32.2. The van der Waals surface area contributed by atoms with Crippen molar-refractivity contribution in [2.45, 2.75) is 12.5 Å². The van der Waals surface area contributed by atoms with Crippen molar-refractivity contribution in [1.29, 1.82) is 0 Å². The lowest BCUT2D eigenvalue weighted by Gasteiger charge is -2.14. The molecule has 68 valence electrons. The van der Waals surface area contributed by atoms with Crippen LogP contribution in [0.1, 0.15) is 6.42 Å². The molecule has 1 aliphatic rings. The summed E-state index contributed by atoms with van der Waals surface area (Å²) in [5, 5.41) is 0. The summed E-state index contributed by atoms with van der Waals surface area (Å²) in [6, 6.07) is -0.317. The number of rotatable bonds is 2. The summed E-state index contributed by atoms with van der Waals surface area (Å²) in [7, 11) is -2.85. The first kappa shape index (κ1) is 9.52. The summed E-state index contributed by atoms with van der Waals surface area (Å²) >= 11 is 0. The van der Waals surface area contributed by atoms with E-state index in [0.29, 0.717) is 6.42 Å². The second-order valence-electron chi connectivity index (χ2n) is 2.97. The molecule has 0 saturated carbocycles. The van der Waals surface area contributed by atoms with Gasteiger partial charge in [0.1, 0.15) is 0 Å². The first-order chi connectivity index (χ1) is 5.59. The van der Waals surface area contributed by atoms with E-state index < -0.39 is 9.84 Å². The third-order valence-corrected chi connectivity index (χ3v) is 3.89. The topological polar surface area (TPSA) is 72.2 Å². The Bertz CT molecular complexity index is 291. The van der Waals surface area contributed by atoms with E-state index in [4.69, 9.17) is 12.3 Å². The molecule has 3 N–H and O–H groups in total. The molecule has 1 saturated heterocycles. The molecule has 2 unspecified atom stereocenters. The Kier molecular flexibility index (Phi) is 2.73. The van der Waals surface area contributed by atoms with Crippen molar-refractivity contribution in [3.05, 3.63) is 0 Å². The summed E-state index contributed by atoms with van der Waals surface area (Å²) in [6.45, 7) is 0. The smallest absolute Gasteiger partial charge is 0.150 e. The zero-order valence-electron chi connectivity index (χ0n) is 6.66. The zero-order valence-corrected chi connectivity index (χ0v) is 7.47. The number of hydrogen-bond acceptors (Lipinski definition) is 4. The van der Waals surface area contributed by atoms with Gasteiger partial charge in [0.25, 0.3) is 0 Å². The van der Waals surface area contributed by atoms with E-state index in [2.05, 4.69) is 11.3 Å². The van der Waals surface area contributed by atoms with Crippen LogP contribution in [0.4, 0.5) is 0 Å². The predicted octanol–water partition coefficient (Wildman–Crippen LogP) is -1.11. The van der Waals surface area contributed by atoms with Crippen molar-refractivity contribution in [3.63, 3.8) is 0 Å². The average molecular weight is 188 g/mol. The molecule has 0 aliphatic carbocycles. The monoisotopic (exact) mass is 188 g/mol. The van der Waals surface area contributed by atoms with Crippen LogP contribution in [0.3, 0.4) is 0 Å². The van der Waals surface area contributed by atoms with Gasteiger partial charge in [-0.25, -0.2) is 13.8 Å². The molecule has 0 aromatic rings. The van der Waals surface area contributed by atoms with Crippen LogP contribution in [0.15, 0.2) is 0 Å². The lowest BCUT2D eigenvalue weighted by molar-refractivity contribution is 0.462. The number of terminal acetylenes is 1. The van der Waals surface area contributed by atoms with Gasteiger partial charge in [0.15, 0.2) is 9.84 Å². The Morgan fingerprint density at radius 3 is 2.67 bits per heavy atom. The van der Waals surface area contributed by atoms with Crippen LogP contribution < -0.4 is 11.3 Å². The van der Waals surface area contributed by atoms with Crippen molar-refractivity contribution >= 4 is 9.84 Å². The van der Waals surface area contributed by atoms with E-state index in [-0.39, 0.29) is 23.5 Å². The Hall–Kier alpha value is -0.570. The van der Waals surface area contributed by atoms with Crippen molar-refractivity contribution < 1.29 is 8.42 Å². The lowest BCUT2D eigenvalue weighted by atomic mass is 10.0. The van der Waals surface area contributed by atoms with Gasteiger partial charge in [0, 0.05) is 5.92 Å². The van der Waals surface area contributed by atoms with Crippen molar-refractivity contribution in [1.82, 2.24) is 5.43 Å². The van der Waals surface area contributed by atoms with Gasteiger partial charge in [0.05, 0.1) is 17.5 Å². The first-order valence-corrected chi connectivity index (χ1v) is 5.54. The second-order valence-corrected chi connectivity index (χ2v) is 5.20. The summed E-state index contributed by atoms with van der Waals surface area (Å²) < 4.78 is 22.1. The molecule has 1 heterocycles. The molecule has 4 nitrogen and oxygen atoms in total. The van der Waals surface area contributed by atoms with Crippen molar-refractivity contribution in [2.24, 2.45) is 11.8 Å². The fourth-order valence-electron chi connectivity index (χ4n) is 1.41. The van der Waals surface area contributed by atoms with Crippen LogP contribution in [-0.4, -0.2) is 26.0 Å². The van der Waals surface area contributed by atoms with E-state index in [1.807, 2.05) is 0 Å². The third kappa shape index (κ3) is 1.97. The van der Waals surface area contributed by atoms with E-state index in [1.54, 1.807) is 0 Å². The zero-order chi connectivity index (χ0) is 9.19. The number of hydrogen-bond donors (Lipinski definition) is 2. The van der Waals surface area contributed by atoms with Crippen molar-refractivity contribution in [3.8, 4) is 12.3 Å². The van der Waals surface area contributed by atoms with Gasteiger partial charge in [-0.15, -0.1) is 6.42 Å². The molecule has 0 bridgehead atoms. The highest BCUT2D eigenvalue weighted by Crippen LogP contribution is 2.20. The largest absolute Gasteiger partial charge is 0.270 e. The summed E-state index contributed by atoms with van der Waals surface area (Å²) in [6.07, 6.45) is 5.78. The molecule has 0 spiro atoms. The minimum atomic E-state index is -2.85. The van der Waals surface area contributed by atoms with Gasteiger partial charge in [-0.2, -0.15) is 0 Å². The van der Waals surface area contributed by atoms with Gasteiger partial charge in [-0.05, 0) is 6.42 Å². The summed E-state index contributed by atoms with van der Waals surface area (Å²) in [4.78, 5) is 0. The first-order valence-electron chi connectivity index (χ1n) is 3.72. The molecule has 0 aromatic heterocycles. The molecule has 12 heavy (non-hydrogen) atoms. The van der Waals surface area contributed by atoms with Gasteiger partial charge in [-0.1, -0.05) is 5.92 Å². The molecular weight excluding hydrogens is 176 g/mol. The minimum absolute atomic E-state index is 0.0231. The van der Waals surface area contributed by atoms with E-state index >= 15 is 0 Å². The molecule has 1 aliphatic heterocycles. The Labute approximate surface area is 72.4 Å². The Balaban J connectivity index is 2.64. The van der Waals surface area contributed by atoms with Gasteiger partial charge in [-0.3, -0.25) is 5.84 Å². The van der Waals surface area contributed by atoms with Crippen LogP contribution in [-0.2, 0) is 9.84 Å². The maximum atomic E-state index is 11.0. The SMILES string of the molecule is C#CC(NN)C1CCS(=O)(=O)C1. The van der Waals surface area contributed by atoms with E-state index in [1.165, 1.54) is 0 Å². The highest BCUT2D eigenvalue weighted by molar-refractivity contribution is 7.91. The summed E-state index contributed by atoms with van der Waals surface area (Å²) in [5.41, 5.74) is 2.43. The Morgan fingerprint density at radius 2 is 2.33 bits per heavy atom. The van der Waals surface area contributed by atoms with E-state index in [9.17, 15) is 8.42 Å². The van der Waals surface area contributed by atoms with Gasteiger partial charge in [0.2, 0.25) is 0 Å². The lowest BCUT2D eigenvalue weighted by Crippen LogP contribution is -2.40. The van der Waals surface area contributed by atoms with Crippen LogP contribution in [0.2, 0.25) is 0 Å². The molecule has 5 heteroatoms. The van der Waals surface area contributed by atoms with Gasteiger partial charge >= 0.3 is 0 Å². The van der Waals surface area contributed by atoms with Crippen LogP contribution in [0, 0.1) is 18.3 Å². The minimum Gasteiger partial charge on any atom is -0.270 e. The van der Waals surface area contributed by atoms with Crippen LogP contribution in [0.25, 0.3) is 0 Å². The van der Waals surface area contributed by atoms with Crippen LogP contribution >= 0.6 is 0 Å². The molecule has 0 radical (unpaired) electrons. The third-order valence-electron chi connectivity index (χ3n) is 2.10. The van der Waals surface area contributed by atoms with Gasteiger partial charge < -0.3 is 0 Å². The number of sulfone groups is 1. The molecule has 0 aromatic carbocycles. The fraction of sp³-hybridized carbons (Fsp3) is 0.714. The molecule has 1 rings (SSSR count). The molecular formula is C7H12N2O2S. The second kappa shape index (κ2) is 3.44. The number of nitrogens with one attached hydrogen (secondary N) is 1. The standard InChI is InChI=1S/C7H12N2O2S/c1-2-7(9-8)6-3-4-12(10,11)5-6/h1,6-7,9H,3-5,8H2. The van der Waals surface area contributed by atoms with E-state index in [0.717, 1.165) is 0 Å². The number of nitrogens with two attached hydrogens (primary N) is 1.